The van der Waals surface area contributed by atoms with Gasteiger partial charge in [0, 0.05) is 41.7 Å². The Hall–Kier alpha value is -1.76. The van der Waals surface area contributed by atoms with Crippen molar-refractivity contribution in [3.05, 3.63) is 55.3 Å². The molecule has 1 aromatic carbocycles. The zero-order chi connectivity index (χ0) is 29.0. The molecule has 3 aliphatic rings. The second kappa shape index (κ2) is 11.7. The molecule has 2 aromatic heterocycles. The number of anilines is 2. The summed E-state index contributed by atoms with van der Waals surface area (Å²) in [7, 11) is 0. The van der Waals surface area contributed by atoms with Crippen LogP contribution in [0.25, 0.3) is 16.6 Å². The zero-order valence-corrected chi connectivity index (χ0v) is 25.9. The number of hydrogen-bond donors (Lipinski definition) is 3. The van der Waals surface area contributed by atoms with Crippen LogP contribution in [0.5, 0.6) is 0 Å². The van der Waals surface area contributed by atoms with Crippen LogP contribution in [0.2, 0.25) is 15.1 Å². The number of nitrogens with zero attached hydrogens (tertiary/aromatic N) is 3. The minimum atomic E-state index is -1.64. The van der Waals surface area contributed by atoms with E-state index in [0.717, 1.165) is 41.6 Å². The van der Waals surface area contributed by atoms with Crippen LogP contribution >= 0.6 is 57.5 Å². The molecule has 0 spiro atoms. The molecule has 218 valence electrons. The van der Waals surface area contributed by atoms with Crippen molar-refractivity contribution in [3.63, 3.8) is 0 Å². The van der Waals surface area contributed by atoms with Crippen molar-refractivity contribution in [1.82, 2.24) is 9.88 Å². The third-order valence-corrected chi connectivity index (χ3v) is 11.1. The molecule has 3 fully saturated rings. The molecule has 41 heavy (non-hydrogen) atoms. The van der Waals surface area contributed by atoms with Crippen LogP contribution < -0.4 is 10.2 Å². The van der Waals surface area contributed by atoms with E-state index in [-0.39, 0.29) is 21.2 Å². The first kappa shape index (κ1) is 29.3. The number of amides is 1. The lowest BCUT2D eigenvalue weighted by atomic mass is 9.88. The maximum Gasteiger partial charge on any atom is 0.257 e. The molecule has 13 heteroatoms. The Kier molecular flexibility index (Phi) is 8.39. The van der Waals surface area contributed by atoms with Crippen LogP contribution in [0.15, 0.2) is 29.2 Å². The lowest BCUT2D eigenvalue weighted by Crippen LogP contribution is -2.49. The van der Waals surface area contributed by atoms with Crippen molar-refractivity contribution in [2.75, 3.05) is 29.9 Å². The number of carbonyl (C=O) groups excluding carboxylic acids is 1. The van der Waals surface area contributed by atoms with Gasteiger partial charge < -0.3 is 15.1 Å². The van der Waals surface area contributed by atoms with Gasteiger partial charge in [-0.15, -0.1) is 11.3 Å². The molecule has 2 saturated heterocycles. The number of likely N-dealkylation sites (tertiary alicyclic amines) is 1. The lowest BCUT2D eigenvalue weighted by Gasteiger charge is -2.40. The van der Waals surface area contributed by atoms with Gasteiger partial charge in [0.15, 0.2) is 11.4 Å². The summed E-state index contributed by atoms with van der Waals surface area (Å²) in [6.07, 6.45) is 1.52. The lowest BCUT2D eigenvalue weighted by molar-refractivity contribution is -0.00678. The Bertz CT molecular complexity index is 1480. The van der Waals surface area contributed by atoms with E-state index in [4.69, 9.17) is 39.8 Å². The molecule has 2 unspecified atom stereocenters. The van der Waals surface area contributed by atoms with Gasteiger partial charge in [0.05, 0.1) is 19.9 Å². The number of rotatable bonds is 7. The number of alkyl halides is 1. The molecule has 3 aromatic rings. The number of thiophene rings is 1. The summed E-state index contributed by atoms with van der Waals surface area (Å²) >= 11 is 22.0. The van der Waals surface area contributed by atoms with Gasteiger partial charge in [-0.3, -0.25) is 15.0 Å². The molecule has 1 amide bonds. The molecule has 7 nitrogen and oxygen atoms in total. The number of hydrogen-bond acceptors (Lipinski definition) is 8. The molecular formula is C28H28Cl3FN4O3S2. The number of aromatic nitrogens is 1. The van der Waals surface area contributed by atoms with Crippen molar-refractivity contribution in [1.29, 1.82) is 0 Å². The first-order valence-corrected chi connectivity index (χ1v) is 16.1. The molecule has 3 N–H and O–H groups in total. The van der Waals surface area contributed by atoms with Gasteiger partial charge in [0.2, 0.25) is 0 Å². The van der Waals surface area contributed by atoms with Gasteiger partial charge in [-0.1, -0.05) is 46.1 Å². The number of halogens is 4. The van der Waals surface area contributed by atoms with E-state index in [1.807, 2.05) is 11.4 Å². The fourth-order valence-electron chi connectivity index (χ4n) is 5.91. The van der Waals surface area contributed by atoms with Gasteiger partial charge in [0.25, 0.3) is 5.91 Å². The smallest absolute Gasteiger partial charge is 0.257 e. The van der Waals surface area contributed by atoms with Crippen molar-refractivity contribution in [3.8, 4) is 10.6 Å². The largest absolute Gasteiger partial charge is 0.365 e. The fraction of sp³-hybridized carbons (Fsp3) is 0.429. The van der Waals surface area contributed by atoms with Crippen LogP contribution in [0, 0.1) is 5.92 Å². The molecule has 2 atom stereocenters. The van der Waals surface area contributed by atoms with Crippen LogP contribution in [-0.2, 0) is 0 Å². The molecule has 1 saturated carbocycles. The Morgan fingerprint density at radius 3 is 2.56 bits per heavy atom. The number of aliphatic hydroxyl groups is 2. The fourth-order valence-corrected chi connectivity index (χ4v) is 8.63. The summed E-state index contributed by atoms with van der Waals surface area (Å²) in [6.45, 7) is 4.28. The number of benzene rings is 1. The minimum absolute atomic E-state index is 0.204. The van der Waals surface area contributed by atoms with E-state index in [1.54, 1.807) is 0 Å². The van der Waals surface area contributed by atoms with E-state index < -0.39 is 18.4 Å². The van der Waals surface area contributed by atoms with Crippen LogP contribution in [-0.4, -0.2) is 70.2 Å². The van der Waals surface area contributed by atoms with Crippen molar-refractivity contribution in [2.24, 2.45) is 5.92 Å². The number of thiazole rings is 1. The number of carbonyl (C=O) groups is 1. The summed E-state index contributed by atoms with van der Waals surface area (Å²) in [5.41, 5.74) is 1.67. The van der Waals surface area contributed by atoms with Crippen LogP contribution in [0.4, 0.5) is 14.5 Å². The van der Waals surface area contributed by atoms with Gasteiger partial charge in [-0.2, -0.15) is 0 Å². The average molecular weight is 658 g/mol. The Labute approximate surface area is 260 Å². The second-order valence-corrected chi connectivity index (χ2v) is 14.0. The first-order valence-electron chi connectivity index (χ1n) is 13.3. The number of aliphatic hydroxyl groups excluding tert-OH is 1. The van der Waals surface area contributed by atoms with Crippen molar-refractivity contribution < 1.29 is 19.4 Å². The highest BCUT2D eigenvalue weighted by molar-refractivity contribution is 7.21. The van der Waals surface area contributed by atoms with Crippen molar-refractivity contribution >= 4 is 79.6 Å². The highest BCUT2D eigenvalue weighted by Gasteiger charge is 2.47. The van der Waals surface area contributed by atoms with Crippen LogP contribution in [0.3, 0.4) is 0 Å². The number of fused-ring (bicyclic) bond motifs is 1. The topological polar surface area (TPSA) is 88.9 Å². The summed E-state index contributed by atoms with van der Waals surface area (Å²) < 4.78 is 13.6. The maximum atomic E-state index is 13.6. The van der Waals surface area contributed by atoms with E-state index in [2.05, 4.69) is 15.1 Å². The summed E-state index contributed by atoms with van der Waals surface area (Å²) in [5, 5.41) is 26.0. The highest BCUT2D eigenvalue weighted by Crippen LogP contribution is 2.46. The zero-order valence-electron chi connectivity index (χ0n) is 22.0. The monoisotopic (exact) mass is 656 g/mol. The predicted molar refractivity (Wildman–Crippen MR) is 165 cm³/mol. The third-order valence-electron chi connectivity index (χ3n) is 8.15. The summed E-state index contributed by atoms with van der Waals surface area (Å²) in [5.74, 6) is 0.0931. The minimum Gasteiger partial charge on any atom is -0.365 e. The second-order valence-electron chi connectivity index (χ2n) is 10.9. The summed E-state index contributed by atoms with van der Waals surface area (Å²) in [6, 6.07) is 5.58. The van der Waals surface area contributed by atoms with Gasteiger partial charge in [-0.25, -0.2) is 9.37 Å². The SMILES string of the molecule is C/C(=C\c1c(Cl)cc(C(=O)Nc2nc(-c3cc(Cl)cs3)c(N3CC4CCN(C5CC(F)C5)C4C3)s2)cc1Cl)C(O)O. The van der Waals surface area contributed by atoms with Gasteiger partial charge in [0.1, 0.15) is 16.9 Å². The number of nitrogens with one attached hydrogen (secondary N) is 1. The standard InChI is InChI=1S/C28H28Cl3FN4O3S2/c1-13(27(38)39)4-19-20(30)5-15(6-21(19)31)25(37)34-28-33-24(23-7-16(29)12-40-23)26(41-28)35-10-14-2-3-36(22(14)11-35)18-8-17(32)9-18/h4-7,12,14,17-18,22,27,38-39H,2-3,8-11H2,1H3,(H,33,34,37)/b13-4+. The molecule has 6 rings (SSSR count). The Balaban J connectivity index is 1.25. The Morgan fingerprint density at radius 2 is 1.93 bits per heavy atom. The van der Waals surface area contributed by atoms with E-state index in [9.17, 15) is 19.4 Å². The molecular weight excluding hydrogens is 630 g/mol. The molecule has 0 bridgehead atoms. The maximum absolute atomic E-state index is 13.6. The van der Waals surface area contributed by atoms with E-state index >= 15 is 0 Å². The third kappa shape index (κ3) is 5.90. The van der Waals surface area contributed by atoms with E-state index in [1.165, 1.54) is 47.8 Å². The molecule has 1 aliphatic carbocycles. The molecule has 2 aliphatic heterocycles. The van der Waals surface area contributed by atoms with E-state index in [0.29, 0.717) is 46.6 Å². The molecule has 4 heterocycles. The van der Waals surface area contributed by atoms with Gasteiger partial charge >= 0.3 is 0 Å². The molecule has 0 radical (unpaired) electrons. The van der Waals surface area contributed by atoms with Gasteiger partial charge in [-0.05, 0) is 68.5 Å². The summed E-state index contributed by atoms with van der Waals surface area (Å²) in [4.78, 5) is 23.8. The quantitative estimate of drug-likeness (QED) is 0.242. The van der Waals surface area contributed by atoms with Crippen LogP contribution in [0.1, 0.15) is 42.1 Å². The first-order chi connectivity index (χ1) is 19.6. The highest BCUT2D eigenvalue weighted by atomic mass is 35.5. The van der Waals surface area contributed by atoms with Crippen molar-refractivity contribution in [2.45, 2.75) is 50.7 Å². The normalized spacial score (nSPS) is 24.7. The predicted octanol–water partition coefficient (Wildman–Crippen LogP) is 6.81. The Morgan fingerprint density at radius 1 is 1.20 bits per heavy atom. The average Bonchev–Trinajstić information content (AvgIpc) is 3.67.